The first kappa shape index (κ1) is 12.3. The predicted octanol–water partition coefficient (Wildman–Crippen LogP) is 2.96. The van der Waals surface area contributed by atoms with E-state index in [0.29, 0.717) is 6.04 Å². The van der Waals surface area contributed by atoms with E-state index in [2.05, 4.69) is 38.3 Å². The number of rotatable bonds is 3. The fourth-order valence-electron chi connectivity index (χ4n) is 3.12. The van der Waals surface area contributed by atoms with Crippen molar-refractivity contribution in [3.8, 4) is 5.75 Å². The van der Waals surface area contributed by atoms with Gasteiger partial charge in [-0.1, -0.05) is 15.9 Å². The lowest BCUT2D eigenvalue weighted by molar-refractivity contribution is 0.255. The molecule has 1 aromatic rings. The quantitative estimate of drug-likeness (QED) is 0.929. The van der Waals surface area contributed by atoms with E-state index in [4.69, 9.17) is 4.74 Å². The highest BCUT2D eigenvalue weighted by Crippen LogP contribution is 2.31. The summed E-state index contributed by atoms with van der Waals surface area (Å²) in [4.78, 5) is 2.57. The van der Waals surface area contributed by atoms with Crippen LogP contribution in [-0.2, 0) is 0 Å². The van der Waals surface area contributed by atoms with Gasteiger partial charge in [0.15, 0.2) is 0 Å². The number of anilines is 1. The van der Waals surface area contributed by atoms with Gasteiger partial charge < -0.3 is 15.0 Å². The van der Waals surface area contributed by atoms with Gasteiger partial charge in [-0.05, 0) is 37.4 Å². The van der Waals surface area contributed by atoms with Gasteiger partial charge >= 0.3 is 0 Å². The normalized spacial score (nSPS) is 30.2. The summed E-state index contributed by atoms with van der Waals surface area (Å²) in [5.41, 5.74) is 1.16. The van der Waals surface area contributed by atoms with Crippen molar-refractivity contribution in [1.82, 2.24) is 4.90 Å². The van der Waals surface area contributed by atoms with Gasteiger partial charge in [-0.15, -0.1) is 0 Å². The molecular weight excluding hydrogens is 292 g/mol. The van der Waals surface area contributed by atoms with Crippen LogP contribution in [0.15, 0.2) is 22.7 Å². The van der Waals surface area contributed by atoms with E-state index < -0.39 is 0 Å². The lowest BCUT2D eigenvalue weighted by atomic mass is 9.94. The average Bonchev–Trinajstić information content (AvgIpc) is 2.75. The van der Waals surface area contributed by atoms with Crippen LogP contribution in [0, 0.1) is 5.92 Å². The number of nitrogens with one attached hydrogen (secondary N) is 1. The van der Waals surface area contributed by atoms with Crippen LogP contribution in [0.5, 0.6) is 5.75 Å². The highest BCUT2D eigenvalue weighted by atomic mass is 79.9. The second kappa shape index (κ2) is 5.10. The number of methoxy groups -OCH3 is 1. The summed E-state index contributed by atoms with van der Waals surface area (Å²) in [5.74, 6) is 1.71. The summed E-state index contributed by atoms with van der Waals surface area (Å²) in [6.45, 7) is 3.78. The lowest BCUT2D eigenvalue weighted by Crippen LogP contribution is -2.39. The van der Waals surface area contributed by atoms with Crippen LogP contribution in [0.4, 0.5) is 5.69 Å². The van der Waals surface area contributed by atoms with Gasteiger partial charge in [0.05, 0.1) is 7.11 Å². The van der Waals surface area contributed by atoms with Gasteiger partial charge in [0.25, 0.3) is 0 Å². The van der Waals surface area contributed by atoms with E-state index in [9.17, 15) is 0 Å². The van der Waals surface area contributed by atoms with Crippen LogP contribution in [0.25, 0.3) is 0 Å². The predicted molar refractivity (Wildman–Crippen MR) is 77.3 cm³/mol. The van der Waals surface area contributed by atoms with Crippen molar-refractivity contribution < 1.29 is 4.74 Å². The number of ether oxygens (including phenoxy) is 1. The summed E-state index contributed by atoms with van der Waals surface area (Å²) in [6, 6.07) is 6.81. The number of benzene rings is 1. The Balaban J connectivity index is 1.73. The number of fused-ring (bicyclic) bond motifs is 2. The third kappa shape index (κ3) is 2.50. The van der Waals surface area contributed by atoms with Gasteiger partial charge in [0, 0.05) is 35.4 Å². The second-order valence-corrected chi connectivity index (χ2v) is 6.18. The highest BCUT2D eigenvalue weighted by molar-refractivity contribution is 9.10. The van der Waals surface area contributed by atoms with Crippen LogP contribution in [0.3, 0.4) is 0 Å². The van der Waals surface area contributed by atoms with Crippen LogP contribution in [0.2, 0.25) is 0 Å². The molecule has 3 rings (SSSR count). The number of nitrogens with zero attached hydrogens (tertiary/aromatic N) is 1. The molecule has 3 atom stereocenters. The third-order valence-electron chi connectivity index (χ3n) is 4.09. The minimum Gasteiger partial charge on any atom is -0.497 e. The summed E-state index contributed by atoms with van der Waals surface area (Å²) in [7, 11) is 1.71. The molecule has 1 N–H and O–H groups in total. The van der Waals surface area contributed by atoms with Crippen LogP contribution < -0.4 is 10.1 Å². The van der Waals surface area contributed by atoms with Gasteiger partial charge in [-0.25, -0.2) is 0 Å². The Kier molecular flexibility index (Phi) is 3.48. The van der Waals surface area contributed by atoms with E-state index in [-0.39, 0.29) is 0 Å². The molecule has 2 heterocycles. The molecule has 2 aliphatic heterocycles. The standard InChI is InChI=1S/C14H19BrN2O/c1-18-13-7-11(15)6-12(8-13)16-14-3-5-17-4-2-10(14)9-17/h6-8,10,14,16H,2-5,9H2,1H3. The van der Waals surface area contributed by atoms with Crippen molar-refractivity contribution in [3.05, 3.63) is 22.7 Å². The second-order valence-electron chi connectivity index (χ2n) is 5.27. The highest BCUT2D eigenvalue weighted by Gasteiger charge is 2.34. The van der Waals surface area contributed by atoms with Crippen molar-refractivity contribution in [2.24, 2.45) is 5.92 Å². The monoisotopic (exact) mass is 310 g/mol. The third-order valence-corrected chi connectivity index (χ3v) is 4.55. The number of halogens is 1. The Hall–Kier alpha value is -0.740. The first-order valence-corrected chi connectivity index (χ1v) is 7.37. The van der Waals surface area contributed by atoms with Gasteiger partial charge in [-0.3, -0.25) is 0 Å². The first-order valence-electron chi connectivity index (χ1n) is 6.58. The Morgan fingerprint density at radius 3 is 2.94 bits per heavy atom. The molecule has 3 nitrogen and oxygen atoms in total. The molecule has 2 bridgehead atoms. The van der Waals surface area contributed by atoms with E-state index in [1.807, 2.05) is 6.07 Å². The summed E-state index contributed by atoms with van der Waals surface area (Å²) >= 11 is 3.53. The molecule has 98 valence electrons. The SMILES string of the molecule is COc1cc(Br)cc(NC2CCN3CCC2C3)c1. The van der Waals surface area contributed by atoms with E-state index in [1.165, 1.54) is 32.5 Å². The van der Waals surface area contributed by atoms with Crippen LogP contribution in [-0.4, -0.2) is 37.7 Å². The van der Waals surface area contributed by atoms with Gasteiger partial charge in [-0.2, -0.15) is 0 Å². The average molecular weight is 311 g/mol. The molecule has 3 unspecified atom stereocenters. The zero-order chi connectivity index (χ0) is 12.5. The van der Waals surface area contributed by atoms with E-state index in [0.717, 1.165) is 21.8 Å². The molecule has 2 aliphatic rings. The molecule has 2 saturated heterocycles. The fraction of sp³-hybridized carbons (Fsp3) is 0.571. The Morgan fingerprint density at radius 2 is 2.11 bits per heavy atom. The summed E-state index contributed by atoms with van der Waals surface area (Å²) in [5, 5.41) is 3.69. The zero-order valence-electron chi connectivity index (χ0n) is 10.7. The molecule has 0 amide bonds. The van der Waals surface area contributed by atoms with Crippen molar-refractivity contribution in [3.63, 3.8) is 0 Å². The van der Waals surface area contributed by atoms with Gasteiger partial charge in [0.1, 0.15) is 5.75 Å². The van der Waals surface area contributed by atoms with Crippen molar-refractivity contribution in [2.45, 2.75) is 18.9 Å². The topological polar surface area (TPSA) is 24.5 Å². The molecule has 0 spiro atoms. The van der Waals surface area contributed by atoms with Crippen LogP contribution >= 0.6 is 15.9 Å². The largest absolute Gasteiger partial charge is 0.497 e. The smallest absolute Gasteiger partial charge is 0.122 e. The van der Waals surface area contributed by atoms with Crippen molar-refractivity contribution in [2.75, 3.05) is 32.1 Å². The molecule has 4 heteroatoms. The molecule has 1 aromatic carbocycles. The number of hydrogen-bond acceptors (Lipinski definition) is 3. The maximum Gasteiger partial charge on any atom is 0.122 e. The summed E-state index contributed by atoms with van der Waals surface area (Å²) < 4.78 is 6.37. The summed E-state index contributed by atoms with van der Waals surface area (Å²) in [6.07, 6.45) is 2.59. The maximum absolute atomic E-state index is 5.31. The van der Waals surface area contributed by atoms with E-state index >= 15 is 0 Å². The number of piperidine rings is 1. The fourth-order valence-corrected chi connectivity index (χ4v) is 3.59. The van der Waals surface area contributed by atoms with Crippen molar-refractivity contribution >= 4 is 21.6 Å². The molecule has 0 saturated carbocycles. The number of hydrogen-bond donors (Lipinski definition) is 1. The Bertz CT molecular complexity index is 438. The Labute approximate surface area is 117 Å². The Morgan fingerprint density at radius 1 is 1.28 bits per heavy atom. The molecular formula is C14H19BrN2O. The lowest BCUT2D eigenvalue weighted by Gasteiger charge is -2.31. The zero-order valence-corrected chi connectivity index (χ0v) is 12.2. The van der Waals surface area contributed by atoms with Crippen LogP contribution in [0.1, 0.15) is 12.8 Å². The molecule has 0 radical (unpaired) electrons. The molecule has 2 fully saturated rings. The minimum absolute atomic E-state index is 0.614. The minimum atomic E-state index is 0.614. The first-order chi connectivity index (χ1) is 8.74. The molecule has 0 aromatic heterocycles. The molecule has 18 heavy (non-hydrogen) atoms. The molecule has 0 aliphatic carbocycles. The van der Waals surface area contributed by atoms with Gasteiger partial charge in [0.2, 0.25) is 0 Å². The van der Waals surface area contributed by atoms with Crippen molar-refractivity contribution in [1.29, 1.82) is 0 Å². The van der Waals surface area contributed by atoms with E-state index in [1.54, 1.807) is 7.11 Å². The maximum atomic E-state index is 5.31.